The van der Waals surface area contributed by atoms with Crippen molar-refractivity contribution in [2.75, 3.05) is 7.11 Å². The fourth-order valence-electron chi connectivity index (χ4n) is 3.69. The molecular formula is C23H16O4. The SMILES string of the molecule is COc1ccc2c(c1)c(=O)oc1c(C)c3occ(-c4ccccc4)c3cc12. The smallest absolute Gasteiger partial charge is 0.344 e. The van der Waals surface area contributed by atoms with Crippen LogP contribution in [0.2, 0.25) is 0 Å². The van der Waals surface area contributed by atoms with Crippen LogP contribution in [-0.4, -0.2) is 7.11 Å². The lowest BCUT2D eigenvalue weighted by Gasteiger charge is -2.08. The maximum absolute atomic E-state index is 12.5. The molecule has 0 N–H and O–H groups in total. The van der Waals surface area contributed by atoms with Crippen molar-refractivity contribution in [2.45, 2.75) is 6.92 Å². The molecule has 0 radical (unpaired) electrons. The second-order valence-electron chi connectivity index (χ2n) is 6.57. The summed E-state index contributed by atoms with van der Waals surface area (Å²) >= 11 is 0. The zero-order chi connectivity index (χ0) is 18.5. The van der Waals surface area contributed by atoms with E-state index in [1.165, 1.54) is 0 Å². The van der Waals surface area contributed by atoms with Crippen LogP contribution < -0.4 is 10.4 Å². The molecule has 0 fully saturated rings. The molecule has 0 unspecified atom stereocenters. The zero-order valence-corrected chi connectivity index (χ0v) is 14.9. The van der Waals surface area contributed by atoms with Crippen LogP contribution in [0, 0.1) is 6.92 Å². The first-order chi connectivity index (χ1) is 13.2. The number of benzene rings is 3. The average molecular weight is 356 g/mol. The quantitative estimate of drug-likeness (QED) is 0.302. The summed E-state index contributed by atoms with van der Waals surface area (Å²) in [4.78, 5) is 12.5. The highest BCUT2D eigenvalue weighted by atomic mass is 16.5. The van der Waals surface area contributed by atoms with Gasteiger partial charge < -0.3 is 13.6 Å². The Morgan fingerprint density at radius 1 is 0.852 bits per heavy atom. The molecule has 0 aliphatic rings. The van der Waals surface area contributed by atoms with Gasteiger partial charge in [-0.3, -0.25) is 0 Å². The van der Waals surface area contributed by atoms with E-state index < -0.39 is 0 Å². The molecule has 2 heterocycles. The minimum Gasteiger partial charge on any atom is -0.497 e. The second-order valence-corrected chi connectivity index (χ2v) is 6.57. The summed E-state index contributed by atoms with van der Waals surface area (Å²) in [6, 6.07) is 17.6. The molecule has 5 aromatic rings. The molecule has 3 aromatic carbocycles. The summed E-state index contributed by atoms with van der Waals surface area (Å²) in [6.07, 6.45) is 1.76. The van der Waals surface area contributed by atoms with E-state index in [1.54, 1.807) is 19.4 Å². The Morgan fingerprint density at radius 2 is 1.67 bits per heavy atom. The van der Waals surface area contributed by atoms with Crippen LogP contribution in [-0.2, 0) is 0 Å². The van der Waals surface area contributed by atoms with Crippen molar-refractivity contribution >= 4 is 32.7 Å². The maximum Gasteiger partial charge on any atom is 0.344 e. The molecule has 5 rings (SSSR count). The van der Waals surface area contributed by atoms with Gasteiger partial charge in [-0.25, -0.2) is 4.79 Å². The fraction of sp³-hybridized carbons (Fsp3) is 0.0870. The Labute approximate surface area is 154 Å². The molecule has 27 heavy (non-hydrogen) atoms. The molecule has 0 aliphatic heterocycles. The molecule has 4 heteroatoms. The lowest BCUT2D eigenvalue weighted by molar-refractivity contribution is 0.415. The van der Waals surface area contributed by atoms with Crippen LogP contribution in [0.5, 0.6) is 5.75 Å². The number of fused-ring (bicyclic) bond motifs is 4. The van der Waals surface area contributed by atoms with E-state index in [1.807, 2.05) is 43.3 Å². The lowest BCUT2D eigenvalue weighted by atomic mass is 9.99. The standard InChI is InChI=1S/C23H16O4/c1-13-21-18(20(12-26-21)14-6-4-3-5-7-14)11-17-16-9-8-15(25-2)10-19(16)23(24)27-22(13)17/h3-12H,1-2H3. The van der Waals surface area contributed by atoms with E-state index in [9.17, 15) is 4.79 Å². The van der Waals surface area contributed by atoms with Gasteiger partial charge >= 0.3 is 5.63 Å². The van der Waals surface area contributed by atoms with Gasteiger partial charge in [-0.15, -0.1) is 0 Å². The van der Waals surface area contributed by atoms with E-state index >= 15 is 0 Å². The van der Waals surface area contributed by atoms with Crippen LogP contribution in [0.3, 0.4) is 0 Å². The van der Waals surface area contributed by atoms with Crippen molar-refractivity contribution in [1.82, 2.24) is 0 Å². The second kappa shape index (κ2) is 5.74. The van der Waals surface area contributed by atoms with Gasteiger partial charge in [0.25, 0.3) is 0 Å². The van der Waals surface area contributed by atoms with Crippen molar-refractivity contribution < 1.29 is 13.6 Å². The van der Waals surface area contributed by atoms with Gasteiger partial charge in [-0.2, -0.15) is 0 Å². The predicted octanol–water partition coefficient (Wildman–Crippen LogP) is 5.68. The summed E-state index contributed by atoms with van der Waals surface area (Å²) in [7, 11) is 1.58. The van der Waals surface area contributed by atoms with Gasteiger partial charge in [-0.05, 0) is 36.8 Å². The average Bonchev–Trinajstić information content (AvgIpc) is 3.14. The van der Waals surface area contributed by atoms with Gasteiger partial charge in [-0.1, -0.05) is 30.3 Å². The maximum atomic E-state index is 12.5. The van der Waals surface area contributed by atoms with Crippen LogP contribution >= 0.6 is 0 Å². The monoisotopic (exact) mass is 356 g/mol. The summed E-state index contributed by atoms with van der Waals surface area (Å²) in [5.74, 6) is 0.625. The normalized spacial score (nSPS) is 11.5. The third-order valence-corrected chi connectivity index (χ3v) is 5.06. The van der Waals surface area contributed by atoms with Gasteiger partial charge in [0.2, 0.25) is 0 Å². The Bertz CT molecular complexity index is 1370. The van der Waals surface area contributed by atoms with E-state index in [0.717, 1.165) is 38.4 Å². The van der Waals surface area contributed by atoms with Crippen molar-refractivity contribution in [3.05, 3.63) is 76.8 Å². The summed E-state index contributed by atoms with van der Waals surface area (Å²) in [5, 5.41) is 3.23. The number of hydrogen-bond donors (Lipinski definition) is 0. The molecule has 4 nitrogen and oxygen atoms in total. The fourth-order valence-corrected chi connectivity index (χ4v) is 3.69. The first-order valence-corrected chi connectivity index (χ1v) is 8.68. The molecular weight excluding hydrogens is 340 g/mol. The van der Waals surface area contributed by atoms with Crippen molar-refractivity contribution in [2.24, 2.45) is 0 Å². The van der Waals surface area contributed by atoms with Crippen LogP contribution in [0.25, 0.3) is 43.8 Å². The van der Waals surface area contributed by atoms with Crippen molar-refractivity contribution in [3.63, 3.8) is 0 Å². The third-order valence-electron chi connectivity index (χ3n) is 5.06. The highest BCUT2D eigenvalue weighted by Crippen LogP contribution is 2.38. The molecule has 0 spiro atoms. The molecule has 132 valence electrons. The number of hydrogen-bond acceptors (Lipinski definition) is 4. The number of aryl methyl sites for hydroxylation is 1. The first-order valence-electron chi connectivity index (χ1n) is 8.68. The van der Waals surface area contributed by atoms with Crippen LogP contribution in [0.4, 0.5) is 0 Å². The Hall–Kier alpha value is -3.53. The van der Waals surface area contributed by atoms with Gasteiger partial charge in [0, 0.05) is 27.3 Å². The first kappa shape index (κ1) is 15.7. The van der Waals surface area contributed by atoms with Crippen LogP contribution in [0.15, 0.2) is 74.5 Å². The number of rotatable bonds is 2. The summed E-state index contributed by atoms with van der Waals surface area (Å²) in [6.45, 7) is 1.92. The number of ether oxygens (including phenoxy) is 1. The Balaban J connectivity index is 1.93. The lowest BCUT2D eigenvalue weighted by Crippen LogP contribution is -2.01. The topological polar surface area (TPSA) is 52.6 Å². The molecule has 2 aromatic heterocycles. The molecule has 0 atom stereocenters. The van der Waals surface area contributed by atoms with E-state index in [0.29, 0.717) is 16.7 Å². The Morgan fingerprint density at radius 3 is 2.44 bits per heavy atom. The predicted molar refractivity (Wildman–Crippen MR) is 106 cm³/mol. The van der Waals surface area contributed by atoms with Gasteiger partial charge in [0.15, 0.2) is 0 Å². The minimum atomic E-state index is -0.381. The van der Waals surface area contributed by atoms with Crippen molar-refractivity contribution in [3.8, 4) is 16.9 Å². The van der Waals surface area contributed by atoms with Gasteiger partial charge in [0.1, 0.15) is 16.9 Å². The minimum absolute atomic E-state index is 0.381. The molecule has 0 bridgehead atoms. The molecule has 0 saturated heterocycles. The molecule has 0 amide bonds. The Kier molecular flexibility index (Phi) is 3.34. The van der Waals surface area contributed by atoms with E-state index in [4.69, 9.17) is 13.6 Å². The summed E-state index contributed by atoms with van der Waals surface area (Å²) in [5.41, 5.74) is 3.83. The number of furan rings is 1. The number of methoxy groups -OCH3 is 1. The highest BCUT2D eigenvalue weighted by molar-refractivity contribution is 6.12. The zero-order valence-electron chi connectivity index (χ0n) is 14.9. The highest BCUT2D eigenvalue weighted by Gasteiger charge is 2.17. The van der Waals surface area contributed by atoms with Crippen molar-refractivity contribution in [1.29, 1.82) is 0 Å². The summed E-state index contributed by atoms with van der Waals surface area (Å²) < 4.78 is 16.8. The van der Waals surface area contributed by atoms with E-state index in [-0.39, 0.29) is 5.63 Å². The third kappa shape index (κ3) is 2.27. The van der Waals surface area contributed by atoms with Gasteiger partial charge in [0.05, 0.1) is 18.8 Å². The van der Waals surface area contributed by atoms with E-state index in [2.05, 4.69) is 12.1 Å². The van der Waals surface area contributed by atoms with Crippen LogP contribution in [0.1, 0.15) is 5.56 Å². The molecule has 0 saturated carbocycles. The largest absolute Gasteiger partial charge is 0.497 e. The molecule has 0 aliphatic carbocycles.